The monoisotopic (exact) mass is 212 g/mol. The summed E-state index contributed by atoms with van der Waals surface area (Å²) in [5.41, 5.74) is -0.506. The molecule has 0 saturated heterocycles. The number of carbonyl (C=O) groups excluding carboxylic acids is 1. The van der Waals surface area contributed by atoms with Crippen molar-refractivity contribution < 1.29 is 9.53 Å². The molecule has 0 aromatic heterocycles. The standard InChI is InChI=1S/C9H14N2O2.C2H6/c1-9(2,3)13-8(12)11-6-4-5-7(11)10;1-2/h4,6,10H,5H2,1-3H3;1-2H3. The van der Waals surface area contributed by atoms with E-state index in [-0.39, 0.29) is 5.84 Å². The van der Waals surface area contributed by atoms with Gasteiger partial charge in [0, 0.05) is 12.6 Å². The van der Waals surface area contributed by atoms with Crippen molar-refractivity contribution in [3.05, 3.63) is 12.3 Å². The molecule has 4 heteroatoms. The van der Waals surface area contributed by atoms with Crippen LogP contribution in [-0.2, 0) is 4.74 Å². The van der Waals surface area contributed by atoms with Crippen molar-refractivity contribution in [3.63, 3.8) is 0 Å². The summed E-state index contributed by atoms with van der Waals surface area (Å²) in [6, 6.07) is 0. The van der Waals surface area contributed by atoms with Crippen LogP contribution in [0.5, 0.6) is 0 Å². The molecule has 0 saturated carbocycles. The second-order valence-electron chi connectivity index (χ2n) is 3.89. The number of nitrogens with one attached hydrogen (secondary N) is 1. The van der Waals surface area contributed by atoms with Gasteiger partial charge in [-0.15, -0.1) is 0 Å². The second kappa shape index (κ2) is 5.53. The van der Waals surface area contributed by atoms with Crippen molar-refractivity contribution in [2.75, 3.05) is 0 Å². The zero-order chi connectivity index (χ0) is 12.1. The highest BCUT2D eigenvalue weighted by Gasteiger charge is 2.25. The molecule has 4 nitrogen and oxygen atoms in total. The zero-order valence-electron chi connectivity index (χ0n) is 10.1. The Morgan fingerprint density at radius 3 is 2.33 bits per heavy atom. The molecule has 0 radical (unpaired) electrons. The molecule has 0 aromatic rings. The average Bonchev–Trinajstić information content (AvgIpc) is 2.52. The molecule has 0 spiro atoms. The maximum atomic E-state index is 11.4. The molecule has 1 rings (SSSR count). The Morgan fingerprint density at radius 1 is 1.47 bits per heavy atom. The topological polar surface area (TPSA) is 53.4 Å². The van der Waals surface area contributed by atoms with E-state index in [0.717, 1.165) is 0 Å². The molecule has 1 heterocycles. The van der Waals surface area contributed by atoms with Gasteiger partial charge in [-0.3, -0.25) is 5.41 Å². The van der Waals surface area contributed by atoms with Gasteiger partial charge >= 0.3 is 6.09 Å². The van der Waals surface area contributed by atoms with E-state index in [4.69, 9.17) is 10.1 Å². The summed E-state index contributed by atoms with van der Waals surface area (Å²) in [7, 11) is 0. The number of hydrogen-bond donors (Lipinski definition) is 1. The van der Waals surface area contributed by atoms with Crippen LogP contribution in [0.25, 0.3) is 0 Å². The summed E-state index contributed by atoms with van der Waals surface area (Å²) < 4.78 is 5.09. The van der Waals surface area contributed by atoms with Crippen LogP contribution >= 0.6 is 0 Å². The number of rotatable bonds is 0. The van der Waals surface area contributed by atoms with Crippen LogP contribution in [0, 0.1) is 5.41 Å². The molecule has 0 bridgehead atoms. The molecule has 0 aromatic carbocycles. The summed E-state index contributed by atoms with van der Waals surface area (Å²) >= 11 is 0. The molecule has 15 heavy (non-hydrogen) atoms. The van der Waals surface area contributed by atoms with Gasteiger partial charge in [0.05, 0.1) is 0 Å². The van der Waals surface area contributed by atoms with Gasteiger partial charge in [-0.05, 0) is 20.8 Å². The fourth-order valence-corrected chi connectivity index (χ4v) is 0.940. The minimum Gasteiger partial charge on any atom is -0.443 e. The highest BCUT2D eigenvalue weighted by molar-refractivity contribution is 5.97. The van der Waals surface area contributed by atoms with E-state index in [9.17, 15) is 4.79 Å². The lowest BCUT2D eigenvalue weighted by Gasteiger charge is -2.23. The minimum absolute atomic E-state index is 0.259. The quantitative estimate of drug-likeness (QED) is 0.670. The molecular formula is C11H20N2O2. The van der Waals surface area contributed by atoms with Gasteiger partial charge in [0.2, 0.25) is 0 Å². The highest BCUT2D eigenvalue weighted by atomic mass is 16.6. The van der Waals surface area contributed by atoms with Crippen molar-refractivity contribution >= 4 is 11.9 Å². The SMILES string of the molecule is CC.CC(C)(C)OC(=O)N1C=CCC1=N. The molecule has 1 aliphatic heterocycles. The number of carbonyl (C=O) groups is 1. The first-order valence-electron chi connectivity index (χ1n) is 5.16. The molecule has 1 aliphatic rings. The fourth-order valence-electron chi connectivity index (χ4n) is 0.940. The summed E-state index contributed by atoms with van der Waals surface area (Å²) in [5, 5.41) is 7.41. The highest BCUT2D eigenvalue weighted by Crippen LogP contribution is 2.14. The average molecular weight is 212 g/mol. The summed E-state index contributed by atoms with van der Waals surface area (Å²) in [5.74, 6) is 0.259. The fraction of sp³-hybridized carbons (Fsp3) is 0.636. The number of ether oxygens (including phenoxy) is 1. The van der Waals surface area contributed by atoms with Crippen LogP contribution in [0.15, 0.2) is 12.3 Å². The van der Waals surface area contributed by atoms with E-state index < -0.39 is 11.7 Å². The smallest absolute Gasteiger partial charge is 0.419 e. The van der Waals surface area contributed by atoms with Crippen LogP contribution in [-0.4, -0.2) is 22.4 Å². The lowest BCUT2D eigenvalue weighted by molar-refractivity contribution is 0.0428. The lowest BCUT2D eigenvalue weighted by atomic mass is 10.2. The number of hydrogen-bond acceptors (Lipinski definition) is 3. The maximum absolute atomic E-state index is 11.4. The summed E-state index contributed by atoms with van der Waals surface area (Å²) in [6.07, 6.45) is 3.34. The van der Waals surface area contributed by atoms with Crippen molar-refractivity contribution in [2.24, 2.45) is 0 Å². The predicted octanol–water partition coefficient (Wildman–Crippen LogP) is 3.14. The van der Waals surface area contributed by atoms with Gasteiger partial charge in [0.25, 0.3) is 0 Å². The Hall–Kier alpha value is -1.32. The molecule has 0 atom stereocenters. The summed E-state index contributed by atoms with van der Waals surface area (Å²) in [6.45, 7) is 9.40. The van der Waals surface area contributed by atoms with E-state index in [1.54, 1.807) is 33.0 Å². The van der Waals surface area contributed by atoms with Crippen molar-refractivity contribution in [1.82, 2.24) is 4.90 Å². The van der Waals surface area contributed by atoms with Crippen molar-refractivity contribution in [3.8, 4) is 0 Å². The second-order valence-corrected chi connectivity index (χ2v) is 3.89. The van der Waals surface area contributed by atoms with Crippen LogP contribution in [0.4, 0.5) is 4.79 Å². The van der Waals surface area contributed by atoms with Gasteiger partial charge < -0.3 is 4.74 Å². The minimum atomic E-state index is -0.506. The first kappa shape index (κ1) is 13.7. The van der Waals surface area contributed by atoms with E-state index in [1.165, 1.54) is 4.90 Å². The largest absolute Gasteiger partial charge is 0.443 e. The molecule has 0 unspecified atom stereocenters. The molecule has 1 amide bonds. The molecule has 1 N–H and O–H groups in total. The Labute approximate surface area is 91.4 Å². The van der Waals surface area contributed by atoms with Gasteiger partial charge in [-0.25, -0.2) is 9.69 Å². The normalized spacial score (nSPS) is 14.7. The Bertz CT molecular complexity index is 264. The number of nitrogens with zero attached hydrogens (tertiary/aromatic N) is 1. The van der Waals surface area contributed by atoms with Gasteiger partial charge in [0.1, 0.15) is 11.4 Å². The van der Waals surface area contributed by atoms with Crippen LogP contribution in [0.2, 0.25) is 0 Å². The van der Waals surface area contributed by atoms with Crippen molar-refractivity contribution in [2.45, 2.75) is 46.6 Å². The molecular weight excluding hydrogens is 192 g/mol. The third-order valence-corrected chi connectivity index (χ3v) is 1.45. The summed E-state index contributed by atoms with van der Waals surface area (Å²) in [4.78, 5) is 12.6. The Morgan fingerprint density at radius 2 is 2.00 bits per heavy atom. The van der Waals surface area contributed by atoms with Gasteiger partial charge in [-0.2, -0.15) is 0 Å². The Balaban J connectivity index is 0.000000921. The molecule has 0 fully saturated rings. The van der Waals surface area contributed by atoms with Gasteiger partial charge in [-0.1, -0.05) is 19.9 Å². The Kier molecular flexibility index (Phi) is 5.05. The third-order valence-electron chi connectivity index (χ3n) is 1.45. The van der Waals surface area contributed by atoms with E-state index in [1.807, 2.05) is 13.8 Å². The van der Waals surface area contributed by atoms with Crippen LogP contribution in [0.1, 0.15) is 41.0 Å². The van der Waals surface area contributed by atoms with Gasteiger partial charge in [0.15, 0.2) is 0 Å². The van der Waals surface area contributed by atoms with E-state index in [2.05, 4.69) is 0 Å². The third kappa shape index (κ3) is 4.63. The van der Waals surface area contributed by atoms with Crippen LogP contribution in [0.3, 0.4) is 0 Å². The van der Waals surface area contributed by atoms with E-state index in [0.29, 0.717) is 6.42 Å². The van der Waals surface area contributed by atoms with Crippen molar-refractivity contribution in [1.29, 1.82) is 5.41 Å². The lowest BCUT2D eigenvalue weighted by Crippen LogP contribution is -2.34. The number of amides is 1. The first-order valence-corrected chi connectivity index (χ1v) is 5.16. The maximum Gasteiger partial charge on any atom is 0.419 e. The predicted molar refractivity (Wildman–Crippen MR) is 60.9 cm³/mol. The molecule has 0 aliphatic carbocycles. The zero-order valence-corrected chi connectivity index (χ0v) is 10.1. The van der Waals surface area contributed by atoms with E-state index >= 15 is 0 Å². The number of amidine groups is 1. The molecule has 86 valence electrons. The first-order chi connectivity index (χ1) is 6.90. The van der Waals surface area contributed by atoms with Crippen LogP contribution < -0.4 is 0 Å².